The molecule has 0 atom stereocenters. The molecule has 314 valence electrons. The van der Waals surface area contributed by atoms with E-state index in [1.165, 1.54) is 0 Å². The van der Waals surface area contributed by atoms with Crippen molar-refractivity contribution in [2.24, 2.45) is 34.5 Å². The Hall–Kier alpha value is -1.22. The molecule has 8 heteroatoms. The van der Waals surface area contributed by atoms with Crippen molar-refractivity contribution < 1.29 is 19.8 Å². The van der Waals surface area contributed by atoms with Crippen molar-refractivity contribution in [1.82, 2.24) is 21.3 Å². The van der Waals surface area contributed by atoms with Crippen LogP contribution in [0.3, 0.4) is 0 Å². The maximum Gasteiger partial charge on any atom is 0.310 e. The quantitative estimate of drug-likeness (QED) is 0.103. The summed E-state index contributed by atoms with van der Waals surface area (Å²) < 4.78 is 0. The van der Waals surface area contributed by atoms with Crippen molar-refractivity contribution in [1.29, 1.82) is 0 Å². The van der Waals surface area contributed by atoms with Crippen LogP contribution in [0.15, 0.2) is 0 Å². The van der Waals surface area contributed by atoms with E-state index in [0.717, 1.165) is 77.0 Å². The minimum Gasteiger partial charge on any atom is -0.481 e. The van der Waals surface area contributed by atoms with Gasteiger partial charge in [0, 0.05) is 50.7 Å². The normalized spacial score (nSPS) is 28.4. The maximum absolute atomic E-state index is 15.7. The summed E-state index contributed by atoms with van der Waals surface area (Å²) in [4.78, 5) is 27.2. The molecule has 0 spiro atoms. The van der Waals surface area contributed by atoms with E-state index < -0.39 is 22.8 Å². The summed E-state index contributed by atoms with van der Waals surface area (Å²) in [6, 6.07) is 0. The monoisotopic (exact) mass is 759 g/mol. The van der Waals surface area contributed by atoms with Crippen molar-refractivity contribution in [3.8, 4) is 0 Å². The molecule has 0 aromatic carbocycles. The lowest BCUT2D eigenvalue weighted by Crippen LogP contribution is -2.74. The van der Waals surface area contributed by atoms with E-state index in [2.05, 4.69) is 132 Å². The molecule has 4 saturated heterocycles. The van der Waals surface area contributed by atoms with E-state index in [0.29, 0.717) is 6.42 Å². The molecule has 0 aliphatic carbocycles. The number of piperidine rings is 4. The second-order valence-corrected chi connectivity index (χ2v) is 24.5. The first-order valence-electron chi connectivity index (χ1n) is 21.8. The number of aliphatic carboxylic acids is 2. The first kappa shape index (κ1) is 45.5. The number of hydrogen-bond donors (Lipinski definition) is 6. The number of carboxylic acid groups (broad SMARTS) is 2. The van der Waals surface area contributed by atoms with Gasteiger partial charge in [-0.1, -0.05) is 19.3 Å². The lowest BCUT2D eigenvalue weighted by molar-refractivity contribution is -0.225. The number of carboxylic acids is 2. The van der Waals surface area contributed by atoms with Gasteiger partial charge in [-0.25, -0.2) is 0 Å². The van der Waals surface area contributed by atoms with E-state index in [1.54, 1.807) is 0 Å². The first-order valence-corrected chi connectivity index (χ1v) is 21.8. The third kappa shape index (κ3) is 10.1. The van der Waals surface area contributed by atoms with Crippen LogP contribution in [0.4, 0.5) is 0 Å². The molecule has 0 unspecified atom stereocenters. The highest BCUT2D eigenvalue weighted by molar-refractivity contribution is 5.77. The maximum atomic E-state index is 15.7. The average Bonchev–Trinajstić information content (AvgIpc) is 2.86. The number of unbranched alkanes of at least 4 members (excludes halogenated alkanes) is 3. The van der Waals surface area contributed by atoms with Gasteiger partial charge in [-0.3, -0.25) is 9.59 Å². The van der Waals surface area contributed by atoms with Gasteiger partial charge >= 0.3 is 11.9 Å². The summed E-state index contributed by atoms with van der Waals surface area (Å²) in [5.74, 6) is -1.02. The van der Waals surface area contributed by atoms with E-state index >= 15 is 4.79 Å². The van der Waals surface area contributed by atoms with Gasteiger partial charge in [-0.15, -0.1) is 0 Å². The fraction of sp³-hybridized carbons (Fsp3) is 0.957. The van der Waals surface area contributed by atoms with Gasteiger partial charge in [0.1, 0.15) is 0 Å². The first-order chi connectivity index (χ1) is 24.2. The van der Waals surface area contributed by atoms with E-state index in [4.69, 9.17) is 0 Å². The van der Waals surface area contributed by atoms with Crippen LogP contribution in [0.1, 0.15) is 201 Å². The summed E-state index contributed by atoms with van der Waals surface area (Å²) in [5, 5.41) is 38.4. The van der Waals surface area contributed by atoms with Crippen LogP contribution < -0.4 is 21.3 Å². The standard InChI is InChI=1S/C46H86N4O4/c1-37(2)23-31(24-38(3,4)47-37)45(22-20-18-17-19-21-35(51)52,32-25-39(5,6)48-40(7,8)26-32)46(36(53)54,33-27-41(9,10)49-42(11,12)28-33)34-29-43(13,14)50-44(15,16)30-34/h31-34,47-50H,17-30H2,1-16H3,(H,51,52)(H,53,54). The van der Waals surface area contributed by atoms with Gasteiger partial charge in [0.15, 0.2) is 0 Å². The Labute approximate surface area is 331 Å². The molecule has 0 saturated carbocycles. The molecule has 4 aliphatic heterocycles. The Balaban J connectivity index is 2.17. The Morgan fingerprint density at radius 3 is 0.963 bits per heavy atom. The number of carbonyl (C=O) groups is 2. The van der Waals surface area contributed by atoms with Crippen LogP contribution in [-0.4, -0.2) is 66.5 Å². The van der Waals surface area contributed by atoms with Gasteiger partial charge in [0.05, 0.1) is 5.41 Å². The van der Waals surface area contributed by atoms with Gasteiger partial charge in [-0.05, 0) is 204 Å². The Kier molecular flexibility index (Phi) is 12.5. The number of hydrogen-bond acceptors (Lipinski definition) is 6. The van der Waals surface area contributed by atoms with Crippen molar-refractivity contribution in [3.63, 3.8) is 0 Å². The second kappa shape index (κ2) is 14.9. The summed E-state index contributed by atoms with van der Waals surface area (Å²) >= 11 is 0. The highest BCUT2D eigenvalue weighted by Gasteiger charge is 2.72. The minimum atomic E-state index is -1.01. The lowest BCUT2D eigenvalue weighted by Gasteiger charge is -2.70. The molecule has 0 radical (unpaired) electrons. The summed E-state index contributed by atoms with van der Waals surface area (Å²) in [5.41, 5.74) is -3.12. The van der Waals surface area contributed by atoms with Crippen LogP contribution in [0.25, 0.3) is 0 Å². The Bertz CT molecular complexity index is 1220. The Morgan fingerprint density at radius 1 is 0.444 bits per heavy atom. The molecule has 0 aromatic heterocycles. The predicted molar refractivity (Wildman–Crippen MR) is 224 cm³/mol. The molecule has 54 heavy (non-hydrogen) atoms. The zero-order chi connectivity index (χ0) is 41.2. The molecule has 6 N–H and O–H groups in total. The fourth-order valence-electron chi connectivity index (χ4n) is 15.0. The van der Waals surface area contributed by atoms with Crippen LogP contribution in [0.5, 0.6) is 0 Å². The zero-order valence-corrected chi connectivity index (χ0v) is 37.9. The smallest absolute Gasteiger partial charge is 0.310 e. The lowest BCUT2D eigenvalue weighted by atomic mass is 9.36. The predicted octanol–water partition coefficient (Wildman–Crippen LogP) is 9.70. The van der Waals surface area contributed by atoms with Crippen molar-refractivity contribution in [2.45, 2.75) is 245 Å². The van der Waals surface area contributed by atoms with Crippen molar-refractivity contribution in [2.75, 3.05) is 0 Å². The molecule has 4 aliphatic rings. The summed E-state index contributed by atoms with van der Waals surface area (Å²) in [6.45, 7) is 37.3. The van der Waals surface area contributed by atoms with Crippen LogP contribution >= 0.6 is 0 Å². The van der Waals surface area contributed by atoms with Crippen molar-refractivity contribution >= 4 is 11.9 Å². The number of nitrogens with one attached hydrogen (secondary N) is 4. The van der Waals surface area contributed by atoms with Gasteiger partial charge in [-0.2, -0.15) is 0 Å². The van der Waals surface area contributed by atoms with Crippen LogP contribution in [0, 0.1) is 34.5 Å². The molecule has 0 aromatic rings. The third-order valence-corrected chi connectivity index (χ3v) is 14.4. The van der Waals surface area contributed by atoms with Gasteiger partial charge < -0.3 is 31.5 Å². The summed E-state index contributed by atoms with van der Waals surface area (Å²) in [7, 11) is 0. The highest BCUT2D eigenvalue weighted by Crippen LogP contribution is 2.71. The minimum absolute atomic E-state index is 0.0369. The van der Waals surface area contributed by atoms with Crippen LogP contribution in [-0.2, 0) is 9.59 Å². The van der Waals surface area contributed by atoms with Gasteiger partial charge in [0.2, 0.25) is 0 Å². The Morgan fingerprint density at radius 2 is 0.704 bits per heavy atom. The second-order valence-electron chi connectivity index (χ2n) is 24.5. The van der Waals surface area contributed by atoms with E-state index in [-0.39, 0.29) is 74.4 Å². The molecule has 8 nitrogen and oxygen atoms in total. The topological polar surface area (TPSA) is 123 Å². The molecular formula is C46H86N4O4. The van der Waals surface area contributed by atoms with E-state index in [9.17, 15) is 15.0 Å². The zero-order valence-electron chi connectivity index (χ0n) is 37.9. The highest BCUT2D eigenvalue weighted by atomic mass is 16.4. The SMILES string of the molecule is CC1(C)CC(C(CCCCCCC(=O)O)(C2CC(C)(C)NC(C)(C)C2)C(C(=O)O)(C2CC(C)(C)NC(C)(C)C2)C2CC(C)(C)NC(C)(C)C2)CC(C)(C)N1. The van der Waals surface area contributed by atoms with Gasteiger partial charge in [0.25, 0.3) is 0 Å². The summed E-state index contributed by atoms with van der Waals surface area (Å²) in [6.07, 6.45) is 11.4. The molecule has 4 fully saturated rings. The van der Waals surface area contributed by atoms with Crippen molar-refractivity contribution in [3.05, 3.63) is 0 Å². The molecule has 4 heterocycles. The van der Waals surface area contributed by atoms with E-state index in [1.807, 2.05) is 0 Å². The molecule has 0 amide bonds. The average molecular weight is 759 g/mol. The largest absolute Gasteiger partial charge is 0.481 e. The third-order valence-electron chi connectivity index (χ3n) is 14.4. The molecule has 0 bridgehead atoms. The molecule has 4 rings (SSSR count). The fourth-order valence-corrected chi connectivity index (χ4v) is 15.0. The molecular weight excluding hydrogens is 673 g/mol. The van der Waals surface area contributed by atoms with Crippen LogP contribution in [0.2, 0.25) is 0 Å². The number of rotatable bonds is 13.